The van der Waals surface area contributed by atoms with Gasteiger partial charge in [-0.15, -0.1) is 0 Å². The minimum absolute atomic E-state index is 0.114. The highest BCUT2D eigenvalue weighted by Gasteiger charge is 2.26. The van der Waals surface area contributed by atoms with Crippen LogP contribution in [-0.2, 0) is 16.6 Å². The highest BCUT2D eigenvalue weighted by atomic mass is 32.2. The van der Waals surface area contributed by atoms with E-state index in [1.807, 2.05) is 18.2 Å². The van der Waals surface area contributed by atoms with Crippen molar-refractivity contribution in [2.45, 2.75) is 24.3 Å². The summed E-state index contributed by atoms with van der Waals surface area (Å²) >= 11 is 0. The minimum Gasteiger partial charge on any atom is -0.408 e. The molecular weight excluding hydrogens is 409 g/mol. The van der Waals surface area contributed by atoms with Crippen LogP contribution >= 0.6 is 0 Å². The molecule has 30 heavy (non-hydrogen) atoms. The quantitative estimate of drug-likeness (QED) is 0.597. The van der Waals surface area contributed by atoms with Gasteiger partial charge in [-0.25, -0.2) is 17.6 Å². The molecule has 1 fully saturated rings. The van der Waals surface area contributed by atoms with Crippen LogP contribution in [0.25, 0.3) is 11.1 Å². The molecule has 0 amide bonds. The number of hydrogen-bond acceptors (Lipinski definition) is 5. The van der Waals surface area contributed by atoms with Gasteiger partial charge in [0.1, 0.15) is 5.82 Å². The topological polar surface area (TPSA) is 75.8 Å². The van der Waals surface area contributed by atoms with Gasteiger partial charge in [0.25, 0.3) is 0 Å². The van der Waals surface area contributed by atoms with Crippen LogP contribution in [-0.4, -0.2) is 54.9 Å². The first-order chi connectivity index (χ1) is 14.4. The van der Waals surface area contributed by atoms with Gasteiger partial charge in [-0.05, 0) is 62.3 Å². The zero-order valence-corrected chi connectivity index (χ0v) is 17.4. The average molecular weight is 434 g/mol. The zero-order chi connectivity index (χ0) is 21.1. The van der Waals surface area contributed by atoms with Crippen molar-refractivity contribution in [2.75, 3.05) is 32.7 Å². The van der Waals surface area contributed by atoms with Crippen molar-refractivity contribution < 1.29 is 17.2 Å². The molecule has 0 spiro atoms. The van der Waals surface area contributed by atoms with Crippen molar-refractivity contribution in [3.05, 3.63) is 64.9 Å². The van der Waals surface area contributed by atoms with Crippen LogP contribution in [0, 0.1) is 5.82 Å². The first-order valence-corrected chi connectivity index (χ1v) is 11.5. The Balaban J connectivity index is 1.35. The molecule has 4 rings (SSSR count). The Labute approximate surface area is 174 Å². The third kappa shape index (κ3) is 4.33. The van der Waals surface area contributed by atoms with E-state index in [1.165, 1.54) is 28.6 Å². The van der Waals surface area contributed by atoms with Crippen LogP contribution in [0.3, 0.4) is 0 Å². The molecule has 0 unspecified atom stereocenters. The van der Waals surface area contributed by atoms with Crippen molar-refractivity contribution in [3.63, 3.8) is 0 Å². The fraction of sp³-hybridized carbons (Fsp3) is 0.381. The first kappa shape index (κ1) is 20.8. The smallest absolute Gasteiger partial charge is 0.408 e. The molecule has 0 radical (unpaired) electrons. The minimum atomic E-state index is -3.63. The fourth-order valence-electron chi connectivity index (χ4n) is 3.84. The number of para-hydroxylation sites is 2. The molecule has 9 heteroatoms. The lowest BCUT2D eigenvalue weighted by atomic mass is 10.3. The molecular formula is C21H24FN3O4S. The van der Waals surface area contributed by atoms with Gasteiger partial charge in [-0.2, -0.15) is 4.31 Å². The number of oxazole rings is 1. The van der Waals surface area contributed by atoms with E-state index in [0.717, 1.165) is 31.4 Å². The van der Waals surface area contributed by atoms with E-state index in [0.29, 0.717) is 31.8 Å². The number of aryl methyl sites for hydroxylation is 1. The summed E-state index contributed by atoms with van der Waals surface area (Å²) in [5, 5.41) is 0. The lowest BCUT2D eigenvalue weighted by Gasteiger charge is -2.21. The summed E-state index contributed by atoms with van der Waals surface area (Å²) in [6, 6.07) is 12.3. The Kier molecular flexibility index (Phi) is 6.03. The molecule has 1 saturated heterocycles. The van der Waals surface area contributed by atoms with Crippen molar-refractivity contribution >= 4 is 21.1 Å². The Morgan fingerprint density at radius 2 is 1.70 bits per heavy atom. The summed E-state index contributed by atoms with van der Waals surface area (Å²) in [6.07, 6.45) is 1.48. The van der Waals surface area contributed by atoms with Gasteiger partial charge in [0, 0.05) is 26.2 Å². The van der Waals surface area contributed by atoms with Gasteiger partial charge in [-0.3, -0.25) is 4.57 Å². The predicted octanol–water partition coefficient (Wildman–Crippen LogP) is 2.52. The lowest BCUT2D eigenvalue weighted by Crippen LogP contribution is -2.35. The van der Waals surface area contributed by atoms with E-state index >= 15 is 0 Å². The molecule has 1 aromatic heterocycles. The normalized spacial score (nSPS) is 16.7. The highest BCUT2D eigenvalue weighted by molar-refractivity contribution is 7.89. The van der Waals surface area contributed by atoms with Gasteiger partial charge in [0.2, 0.25) is 10.0 Å². The standard InChI is InChI=1S/C21H24FN3O4S/c22-17-7-9-18(10-8-17)30(27,28)24-13-3-11-23(15-16-24)12-4-14-25-19-5-1-2-6-20(19)29-21(25)26/h1-2,5-10H,3-4,11-16H2. The molecule has 2 aromatic carbocycles. The number of aromatic nitrogens is 1. The summed E-state index contributed by atoms with van der Waals surface area (Å²) in [5.41, 5.74) is 1.37. The Morgan fingerprint density at radius 1 is 0.933 bits per heavy atom. The number of sulfonamides is 1. The molecule has 3 aromatic rings. The monoisotopic (exact) mass is 433 g/mol. The second-order valence-electron chi connectivity index (χ2n) is 7.39. The number of hydrogen-bond donors (Lipinski definition) is 0. The molecule has 160 valence electrons. The fourth-order valence-corrected chi connectivity index (χ4v) is 5.31. The van der Waals surface area contributed by atoms with Crippen LogP contribution in [0.4, 0.5) is 4.39 Å². The molecule has 0 aliphatic carbocycles. The second-order valence-corrected chi connectivity index (χ2v) is 9.33. The van der Waals surface area contributed by atoms with Crippen LogP contribution in [0.1, 0.15) is 12.8 Å². The van der Waals surface area contributed by atoms with Crippen LogP contribution < -0.4 is 5.76 Å². The van der Waals surface area contributed by atoms with Gasteiger partial charge < -0.3 is 9.32 Å². The average Bonchev–Trinajstić information content (AvgIpc) is 2.89. The van der Waals surface area contributed by atoms with E-state index in [4.69, 9.17) is 4.42 Å². The Morgan fingerprint density at radius 3 is 2.50 bits per heavy atom. The van der Waals surface area contributed by atoms with E-state index < -0.39 is 15.8 Å². The van der Waals surface area contributed by atoms with E-state index in [9.17, 15) is 17.6 Å². The zero-order valence-electron chi connectivity index (χ0n) is 16.5. The number of nitrogens with zero attached hydrogens (tertiary/aromatic N) is 3. The van der Waals surface area contributed by atoms with Crippen LogP contribution in [0.15, 0.2) is 62.6 Å². The SMILES string of the molecule is O=c1oc2ccccc2n1CCCN1CCCN(S(=O)(=O)c2ccc(F)cc2)CC1. The van der Waals surface area contributed by atoms with E-state index in [-0.39, 0.29) is 10.7 Å². The van der Waals surface area contributed by atoms with E-state index in [1.54, 1.807) is 10.6 Å². The summed E-state index contributed by atoms with van der Waals surface area (Å²) in [4.78, 5) is 14.4. The first-order valence-electron chi connectivity index (χ1n) is 10.0. The molecule has 0 atom stereocenters. The number of fused-ring (bicyclic) bond motifs is 1. The van der Waals surface area contributed by atoms with Gasteiger partial charge in [0.15, 0.2) is 5.58 Å². The Hall–Kier alpha value is -2.49. The molecule has 2 heterocycles. The third-order valence-corrected chi connectivity index (χ3v) is 7.34. The molecule has 0 N–H and O–H groups in total. The van der Waals surface area contributed by atoms with Gasteiger partial charge in [0.05, 0.1) is 10.4 Å². The summed E-state index contributed by atoms with van der Waals surface area (Å²) < 4.78 is 47.1. The van der Waals surface area contributed by atoms with Crippen LogP contribution in [0.5, 0.6) is 0 Å². The lowest BCUT2D eigenvalue weighted by molar-refractivity contribution is 0.276. The van der Waals surface area contributed by atoms with Crippen molar-refractivity contribution in [1.82, 2.24) is 13.8 Å². The van der Waals surface area contributed by atoms with Crippen molar-refractivity contribution in [1.29, 1.82) is 0 Å². The van der Waals surface area contributed by atoms with Gasteiger partial charge >= 0.3 is 5.76 Å². The molecule has 7 nitrogen and oxygen atoms in total. The third-order valence-electron chi connectivity index (χ3n) is 5.43. The van der Waals surface area contributed by atoms with Crippen LogP contribution in [0.2, 0.25) is 0 Å². The summed E-state index contributed by atoms with van der Waals surface area (Å²) in [6.45, 7) is 3.52. The summed E-state index contributed by atoms with van der Waals surface area (Å²) in [5.74, 6) is -0.816. The number of rotatable bonds is 6. The molecule has 0 bridgehead atoms. The molecule has 0 saturated carbocycles. The predicted molar refractivity (Wildman–Crippen MR) is 111 cm³/mol. The van der Waals surface area contributed by atoms with Gasteiger partial charge in [-0.1, -0.05) is 12.1 Å². The van der Waals surface area contributed by atoms with E-state index in [2.05, 4.69) is 4.90 Å². The molecule has 1 aliphatic heterocycles. The molecule has 1 aliphatic rings. The van der Waals surface area contributed by atoms with Crippen molar-refractivity contribution in [2.24, 2.45) is 0 Å². The maximum atomic E-state index is 13.1. The maximum Gasteiger partial charge on any atom is 0.419 e. The maximum absolute atomic E-state index is 13.1. The Bertz CT molecular complexity index is 1170. The van der Waals surface area contributed by atoms with Crippen molar-refractivity contribution in [3.8, 4) is 0 Å². The highest BCUT2D eigenvalue weighted by Crippen LogP contribution is 2.18. The number of halogens is 1. The number of benzene rings is 2. The summed E-state index contributed by atoms with van der Waals surface area (Å²) in [7, 11) is -3.63. The largest absolute Gasteiger partial charge is 0.419 e. The second kappa shape index (κ2) is 8.71.